The Morgan fingerprint density at radius 2 is 2.33 bits per heavy atom. The van der Waals surface area contributed by atoms with E-state index in [9.17, 15) is 0 Å². The zero-order chi connectivity index (χ0) is 13.0. The molecule has 0 bridgehead atoms. The van der Waals surface area contributed by atoms with Gasteiger partial charge in [0.2, 0.25) is 0 Å². The molecular weight excluding hydrogens is 246 g/mol. The van der Waals surface area contributed by atoms with Crippen molar-refractivity contribution < 1.29 is 4.74 Å². The Hall–Kier alpha value is -1.75. The lowest BCUT2D eigenvalue weighted by atomic mass is 10.2. The minimum Gasteiger partial charge on any atom is -0.497 e. The number of thiazole rings is 1. The van der Waals surface area contributed by atoms with Crippen LogP contribution in [0.25, 0.3) is 0 Å². The molecule has 0 aliphatic heterocycles. The maximum absolute atomic E-state index is 5.99. The van der Waals surface area contributed by atoms with Crippen molar-refractivity contribution >= 4 is 22.7 Å². The standard InChI is InChI=1S/C13H17N3OS/c1-3-11(13-15-6-7-18-13)16-12-5-4-9(17-2)8-10(12)14/h4-8,11,16H,3,14H2,1-2H3. The smallest absolute Gasteiger partial charge is 0.121 e. The second-order valence-corrected chi connectivity index (χ2v) is 4.85. The molecule has 3 N–H and O–H groups in total. The van der Waals surface area contributed by atoms with Crippen LogP contribution in [0.4, 0.5) is 11.4 Å². The number of ether oxygens (including phenoxy) is 1. The molecule has 2 rings (SSSR count). The van der Waals surface area contributed by atoms with Crippen molar-refractivity contribution in [3.05, 3.63) is 34.8 Å². The van der Waals surface area contributed by atoms with E-state index in [1.54, 1.807) is 18.4 Å². The third kappa shape index (κ3) is 2.73. The zero-order valence-electron chi connectivity index (χ0n) is 10.5. The van der Waals surface area contributed by atoms with Gasteiger partial charge in [-0.25, -0.2) is 4.98 Å². The quantitative estimate of drug-likeness (QED) is 0.813. The number of hydrogen-bond acceptors (Lipinski definition) is 5. The first kappa shape index (κ1) is 12.7. The molecule has 0 spiro atoms. The molecule has 0 aliphatic carbocycles. The average molecular weight is 263 g/mol. The van der Waals surface area contributed by atoms with Crippen LogP contribution in [0.1, 0.15) is 24.4 Å². The first-order valence-corrected chi connectivity index (χ1v) is 6.72. The highest BCUT2D eigenvalue weighted by molar-refractivity contribution is 7.09. The maximum atomic E-state index is 5.99. The Balaban J connectivity index is 2.17. The number of hydrogen-bond donors (Lipinski definition) is 2. The molecule has 5 heteroatoms. The molecule has 0 fully saturated rings. The fourth-order valence-corrected chi connectivity index (χ4v) is 2.50. The van der Waals surface area contributed by atoms with Gasteiger partial charge in [0.1, 0.15) is 10.8 Å². The summed E-state index contributed by atoms with van der Waals surface area (Å²) in [6.07, 6.45) is 2.78. The molecule has 0 saturated carbocycles. The second-order valence-electron chi connectivity index (χ2n) is 3.93. The molecule has 0 amide bonds. The lowest BCUT2D eigenvalue weighted by Gasteiger charge is -2.17. The van der Waals surface area contributed by atoms with Gasteiger partial charge in [0.05, 0.1) is 24.5 Å². The Kier molecular flexibility index (Phi) is 4.04. The summed E-state index contributed by atoms with van der Waals surface area (Å²) in [6.45, 7) is 2.12. The fourth-order valence-electron chi connectivity index (χ4n) is 1.73. The summed E-state index contributed by atoms with van der Waals surface area (Å²) in [5.41, 5.74) is 7.59. The predicted octanol–water partition coefficient (Wildman–Crippen LogP) is 3.30. The van der Waals surface area contributed by atoms with Crippen molar-refractivity contribution in [2.45, 2.75) is 19.4 Å². The molecule has 1 atom stereocenters. The molecule has 0 aliphatic rings. The highest BCUT2D eigenvalue weighted by Gasteiger charge is 2.13. The van der Waals surface area contributed by atoms with Gasteiger partial charge in [-0.2, -0.15) is 0 Å². The van der Waals surface area contributed by atoms with Crippen molar-refractivity contribution in [2.24, 2.45) is 0 Å². The molecule has 96 valence electrons. The van der Waals surface area contributed by atoms with E-state index in [0.717, 1.165) is 22.9 Å². The SMILES string of the molecule is CCC(Nc1ccc(OC)cc1N)c1nccs1. The summed E-state index contributed by atoms with van der Waals surface area (Å²) in [5, 5.41) is 6.48. The van der Waals surface area contributed by atoms with Crippen LogP contribution in [-0.2, 0) is 0 Å². The summed E-state index contributed by atoms with van der Waals surface area (Å²) in [7, 11) is 1.63. The number of benzene rings is 1. The number of nitrogens with zero attached hydrogens (tertiary/aromatic N) is 1. The van der Waals surface area contributed by atoms with Gasteiger partial charge in [-0.05, 0) is 18.6 Å². The number of rotatable bonds is 5. The molecule has 1 heterocycles. The molecule has 4 nitrogen and oxygen atoms in total. The van der Waals surface area contributed by atoms with Crippen LogP contribution >= 0.6 is 11.3 Å². The van der Waals surface area contributed by atoms with Crippen molar-refractivity contribution in [1.29, 1.82) is 0 Å². The topological polar surface area (TPSA) is 60.2 Å². The van der Waals surface area contributed by atoms with Gasteiger partial charge < -0.3 is 15.8 Å². The van der Waals surface area contributed by atoms with Crippen molar-refractivity contribution in [3.8, 4) is 5.75 Å². The summed E-state index contributed by atoms with van der Waals surface area (Å²) >= 11 is 1.65. The molecule has 2 aromatic rings. The largest absolute Gasteiger partial charge is 0.497 e. The summed E-state index contributed by atoms with van der Waals surface area (Å²) in [5.74, 6) is 0.764. The first-order valence-electron chi connectivity index (χ1n) is 5.84. The number of aromatic nitrogens is 1. The van der Waals surface area contributed by atoms with Gasteiger partial charge in [0.25, 0.3) is 0 Å². The van der Waals surface area contributed by atoms with Crippen LogP contribution in [0.5, 0.6) is 5.75 Å². The molecule has 1 aromatic carbocycles. The van der Waals surface area contributed by atoms with Crippen molar-refractivity contribution in [3.63, 3.8) is 0 Å². The van der Waals surface area contributed by atoms with Crippen LogP contribution in [0.15, 0.2) is 29.8 Å². The summed E-state index contributed by atoms with van der Waals surface area (Å²) < 4.78 is 5.14. The van der Waals surface area contributed by atoms with Crippen LogP contribution < -0.4 is 15.8 Å². The minimum atomic E-state index is 0.195. The zero-order valence-corrected chi connectivity index (χ0v) is 11.3. The van der Waals surface area contributed by atoms with E-state index >= 15 is 0 Å². The van der Waals surface area contributed by atoms with E-state index < -0.39 is 0 Å². The van der Waals surface area contributed by atoms with Gasteiger partial charge in [0, 0.05) is 17.6 Å². The highest BCUT2D eigenvalue weighted by Crippen LogP contribution is 2.29. The predicted molar refractivity (Wildman–Crippen MR) is 76.2 cm³/mol. The second kappa shape index (κ2) is 5.73. The molecule has 1 unspecified atom stereocenters. The summed E-state index contributed by atoms with van der Waals surface area (Å²) in [6, 6.07) is 5.84. The monoisotopic (exact) mass is 263 g/mol. The van der Waals surface area contributed by atoms with E-state index in [-0.39, 0.29) is 6.04 Å². The lowest BCUT2D eigenvalue weighted by molar-refractivity contribution is 0.415. The number of nitrogens with one attached hydrogen (secondary N) is 1. The van der Waals surface area contributed by atoms with Crippen LogP contribution in [0.2, 0.25) is 0 Å². The van der Waals surface area contributed by atoms with Crippen LogP contribution in [-0.4, -0.2) is 12.1 Å². The average Bonchev–Trinajstić information content (AvgIpc) is 2.91. The Bertz CT molecular complexity index is 499. The van der Waals surface area contributed by atoms with Gasteiger partial charge in [0.15, 0.2) is 0 Å². The van der Waals surface area contributed by atoms with Gasteiger partial charge in [-0.15, -0.1) is 11.3 Å². The Labute approximate surface area is 111 Å². The minimum absolute atomic E-state index is 0.195. The van der Waals surface area contributed by atoms with E-state index in [1.807, 2.05) is 29.8 Å². The molecular formula is C13H17N3OS. The normalized spacial score (nSPS) is 12.1. The van der Waals surface area contributed by atoms with Crippen molar-refractivity contribution in [2.75, 3.05) is 18.2 Å². The van der Waals surface area contributed by atoms with Gasteiger partial charge in [-0.1, -0.05) is 6.92 Å². The Morgan fingerprint density at radius 3 is 2.89 bits per heavy atom. The van der Waals surface area contributed by atoms with Crippen LogP contribution in [0.3, 0.4) is 0 Å². The van der Waals surface area contributed by atoms with E-state index in [4.69, 9.17) is 10.5 Å². The lowest BCUT2D eigenvalue weighted by Crippen LogP contribution is -2.10. The third-order valence-corrected chi connectivity index (χ3v) is 3.64. The van der Waals surface area contributed by atoms with Gasteiger partial charge in [-0.3, -0.25) is 0 Å². The Morgan fingerprint density at radius 1 is 1.50 bits per heavy atom. The molecule has 0 radical (unpaired) electrons. The highest BCUT2D eigenvalue weighted by atomic mass is 32.1. The maximum Gasteiger partial charge on any atom is 0.121 e. The number of nitrogen functional groups attached to an aromatic ring is 1. The van der Waals surface area contributed by atoms with E-state index in [1.165, 1.54) is 0 Å². The fraction of sp³-hybridized carbons (Fsp3) is 0.308. The molecule has 18 heavy (non-hydrogen) atoms. The third-order valence-electron chi connectivity index (χ3n) is 2.75. The van der Waals surface area contributed by atoms with Gasteiger partial charge >= 0.3 is 0 Å². The molecule has 1 aromatic heterocycles. The van der Waals surface area contributed by atoms with Crippen molar-refractivity contribution in [1.82, 2.24) is 4.98 Å². The summed E-state index contributed by atoms with van der Waals surface area (Å²) in [4.78, 5) is 4.34. The number of anilines is 2. The van der Waals surface area contributed by atoms with E-state index in [2.05, 4.69) is 17.2 Å². The molecule has 0 saturated heterocycles. The van der Waals surface area contributed by atoms with E-state index in [0.29, 0.717) is 5.69 Å². The first-order chi connectivity index (χ1) is 8.74. The number of nitrogens with two attached hydrogens (primary N) is 1. The number of methoxy groups -OCH3 is 1. The van der Waals surface area contributed by atoms with Crippen LogP contribution in [0, 0.1) is 0 Å².